The third kappa shape index (κ3) is 2.43. The Kier molecular flexibility index (Phi) is 4.16. The van der Waals surface area contributed by atoms with Gasteiger partial charge in [0.25, 0.3) is 0 Å². The minimum atomic E-state index is -0.154. The van der Waals surface area contributed by atoms with Gasteiger partial charge in [0.05, 0.1) is 12.2 Å². The number of hydrogen-bond acceptors (Lipinski definition) is 2. The molecule has 0 aromatic rings. The minimum absolute atomic E-state index is 0.100. The van der Waals surface area contributed by atoms with Crippen molar-refractivity contribution in [2.45, 2.75) is 90.8 Å². The average molecular weight is 333 g/mol. The van der Waals surface area contributed by atoms with Gasteiger partial charge in [-0.3, -0.25) is 0 Å². The highest BCUT2D eigenvalue weighted by Gasteiger charge is 2.58. The van der Waals surface area contributed by atoms with Gasteiger partial charge < -0.3 is 10.2 Å². The second-order valence-corrected chi connectivity index (χ2v) is 10.1. The molecule has 0 amide bonds. The lowest BCUT2D eigenvalue weighted by atomic mass is 9.47. The fourth-order valence-electron chi connectivity index (χ4n) is 7.55. The third-order valence-corrected chi connectivity index (χ3v) is 8.90. The maximum absolute atomic E-state index is 10.1. The maximum Gasteiger partial charge on any atom is 0.0577 e. The van der Waals surface area contributed by atoms with Crippen LogP contribution in [-0.4, -0.2) is 22.4 Å². The van der Waals surface area contributed by atoms with Crippen molar-refractivity contribution < 1.29 is 10.2 Å². The van der Waals surface area contributed by atoms with Gasteiger partial charge in [0.1, 0.15) is 0 Å². The summed E-state index contributed by atoms with van der Waals surface area (Å²) in [5.41, 5.74) is 2.38. The molecule has 0 aliphatic heterocycles. The van der Waals surface area contributed by atoms with Gasteiger partial charge in [-0.1, -0.05) is 25.5 Å². The lowest BCUT2D eigenvalue weighted by Gasteiger charge is -2.58. The van der Waals surface area contributed by atoms with E-state index in [2.05, 4.69) is 19.9 Å². The van der Waals surface area contributed by atoms with Crippen molar-refractivity contribution in [1.82, 2.24) is 0 Å². The van der Waals surface area contributed by atoms with Crippen LogP contribution in [0, 0.1) is 34.5 Å². The van der Waals surface area contributed by atoms with Crippen molar-refractivity contribution >= 4 is 0 Å². The van der Waals surface area contributed by atoms with Gasteiger partial charge in [-0.05, 0) is 99.2 Å². The molecule has 2 N–H and O–H groups in total. The van der Waals surface area contributed by atoms with E-state index in [9.17, 15) is 10.2 Å². The minimum Gasteiger partial charge on any atom is -0.393 e. The molecule has 0 bridgehead atoms. The SMILES string of the molecule is CC(O)CC1CC[C@H]2[C@@H]3CC=C4C[C@@H](O)CC[C@]4(C)[C@H]3CC[C@]12C. The number of fused-ring (bicyclic) bond motifs is 5. The highest BCUT2D eigenvalue weighted by molar-refractivity contribution is 5.25. The number of aliphatic hydroxyl groups excluding tert-OH is 2. The predicted molar refractivity (Wildman–Crippen MR) is 97.5 cm³/mol. The van der Waals surface area contributed by atoms with E-state index in [0.717, 1.165) is 42.9 Å². The van der Waals surface area contributed by atoms with Crippen molar-refractivity contribution in [3.05, 3.63) is 11.6 Å². The van der Waals surface area contributed by atoms with Gasteiger partial charge in [0.2, 0.25) is 0 Å². The Bertz CT molecular complexity index is 524. The largest absolute Gasteiger partial charge is 0.393 e. The van der Waals surface area contributed by atoms with E-state index in [4.69, 9.17) is 0 Å². The van der Waals surface area contributed by atoms with Crippen LogP contribution in [0.2, 0.25) is 0 Å². The van der Waals surface area contributed by atoms with E-state index >= 15 is 0 Å². The first-order valence-corrected chi connectivity index (χ1v) is 10.4. The van der Waals surface area contributed by atoms with E-state index in [1.165, 1.54) is 38.5 Å². The summed E-state index contributed by atoms with van der Waals surface area (Å²) in [7, 11) is 0. The van der Waals surface area contributed by atoms with E-state index in [1.807, 2.05) is 6.92 Å². The summed E-state index contributed by atoms with van der Waals surface area (Å²) >= 11 is 0. The molecule has 2 nitrogen and oxygen atoms in total. The van der Waals surface area contributed by atoms with E-state index < -0.39 is 0 Å². The first-order chi connectivity index (χ1) is 11.3. The Labute approximate surface area is 147 Å². The summed E-state index contributed by atoms with van der Waals surface area (Å²) in [6.45, 7) is 7.01. The zero-order chi connectivity index (χ0) is 17.1. The summed E-state index contributed by atoms with van der Waals surface area (Å²) in [5.74, 6) is 3.23. The van der Waals surface area contributed by atoms with Gasteiger partial charge in [-0.15, -0.1) is 0 Å². The molecule has 2 heteroatoms. The molecule has 0 radical (unpaired) electrons. The van der Waals surface area contributed by atoms with Gasteiger partial charge in [0, 0.05) is 0 Å². The molecule has 4 rings (SSSR count). The van der Waals surface area contributed by atoms with Gasteiger partial charge in [0.15, 0.2) is 0 Å². The van der Waals surface area contributed by atoms with E-state index in [0.29, 0.717) is 10.8 Å². The molecule has 8 atom stereocenters. The lowest BCUT2D eigenvalue weighted by molar-refractivity contribution is -0.0546. The smallest absolute Gasteiger partial charge is 0.0577 e. The quantitative estimate of drug-likeness (QED) is 0.720. The normalized spacial score (nSPS) is 52.0. The molecule has 0 spiro atoms. The van der Waals surface area contributed by atoms with Crippen molar-refractivity contribution in [1.29, 1.82) is 0 Å². The molecule has 0 saturated heterocycles. The van der Waals surface area contributed by atoms with Crippen molar-refractivity contribution in [3.63, 3.8) is 0 Å². The van der Waals surface area contributed by atoms with Crippen LogP contribution in [0.25, 0.3) is 0 Å². The summed E-state index contributed by atoms with van der Waals surface area (Å²) in [6, 6.07) is 0. The molecule has 136 valence electrons. The van der Waals surface area contributed by atoms with Crippen molar-refractivity contribution in [2.75, 3.05) is 0 Å². The standard InChI is InChI=1S/C22H36O2/c1-14(23)12-15-5-7-19-18-6-4-16-13-17(24)8-10-21(16,2)20(18)9-11-22(15,19)3/h4,14-15,17-20,23-24H,5-13H2,1-3H3/t14?,15?,17-,18-,19-,20-,21-,22+/m0/s1. The Morgan fingerprint density at radius 2 is 1.92 bits per heavy atom. The zero-order valence-corrected chi connectivity index (χ0v) is 15.8. The monoisotopic (exact) mass is 332 g/mol. The number of allylic oxidation sites excluding steroid dienone is 1. The summed E-state index contributed by atoms with van der Waals surface area (Å²) < 4.78 is 0. The van der Waals surface area contributed by atoms with Crippen LogP contribution in [0.3, 0.4) is 0 Å². The Hall–Kier alpha value is -0.340. The van der Waals surface area contributed by atoms with Crippen LogP contribution >= 0.6 is 0 Å². The van der Waals surface area contributed by atoms with Crippen LogP contribution in [0.1, 0.15) is 78.6 Å². The van der Waals surface area contributed by atoms with Crippen molar-refractivity contribution in [2.24, 2.45) is 34.5 Å². The average Bonchev–Trinajstić information content (AvgIpc) is 2.84. The van der Waals surface area contributed by atoms with Crippen LogP contribution in [0.5, 0.6) is 0 Å². The lowest BCUT2D eigenvalue weighted by Crippen LogP contribution is -2.50. The van der Waals surface area contributed by atoms with Gasteiger partial charge >= 0.3 is 0 Å². The summed E-state index contributed by atoms with van der Waals surface area (Å²) in [6.07, 6.45) is 13.0. The molecule has 0 heterocycles. The highest BCUT2D eigenvalue weighted by atomic mass is 16.3. The molecule has 2 unspecified atom stereocenters. The Morgan fingerprint density at radius 1 is 1.12 bits per heavy atom. The summed E-state index contributed by atoms with van der Waals surface area (Å²) in [4.78, 5) is 0. The molecule has 24 heavy (non-hydrogen) atoms. The second-order valence-electron chi connectivity index (χ2n) is 10.1. The third-order valence-electron chi connectivity index (χ3n) is 8.90. The summed E-state index contributed by atoms with van der Waals surface area (Å²) in [5, 5.41) is 20.0. The number of aliphatic hydroxyl groups is 2. The predicted octanol–water partition coefficient (Wildman–Crippen LogP) is 4.70. The Balaban J connectivity index is 1.60. The van der Waals surface area contributed by atoms with E-state index in [-0.39, 0.29) is 12.2 Å². The molecule has 4 aliphatic rings. The molecule has 3 saturated carbocycles. The molecule has 0 aromatic carbocycles. The molecule has 0 aromatic heterocycles. The fourth-order valence-corrected chi connectivity index (χ4v) is 7.55. The van der Waals surface area contributed by atoms with Crippen LogP contribution < -0.4 is 0 Å². The topological polar surface area (TPSA) is 40.5 Å². The molecular weight excluding hydrogens is 296 g/mol. The van der Waals surface area contributed by atoms with E-state index in [1.54, 1.807) is 5.57 Å². The number of rotatable bonds is 2. The molecule has 3 fully saturated rings. The maximum atomic E-state index is 10.1. The molecular formula is C22H36O2. The van der Waals surface area contributed by atoms with Crippen LogP contribution in [-0.2, 0) is 0 Å². The Morgan fingerprint density at radius 3 is 2.67 bits per heavy atom. The second kappa shape index (κ2) is 5.84. The van der Waals surface area contributed by atoms with Crippen LogP contribution in [0.15, 0.2) is 11.6 Å². The number of hydrogen-bond donors (Lipinski definition) is 2. The van der Waals surface area contributed by atoms with Gasteiger partial charge in [-0.25, -0.2) is 0 Å². The highest BCUT2D eigenvalue weighted by Crippen LogP contribution is 2.66. The zero-order valence-electron chi connectivity index (χ0n) is 15.8. The first-order valence-electron chi connectivity index (χ1n) is 10.4. The van der Waals surface area contributed by atoms with Gasteiger partial charge in [-0.2, -0.15) is 0 Å². The van der Waals surface area contributed by atoms with Crippen LogP contribution in [0.4, 0.5) is 0 Å². The fraction of sp³-hybridized carbons (Fsp3) is 0.909. The van der Waals surface area contributed by atoms with Crippen molar-refractivity contribution in [3.8, 4) is 0 Å². The molecule has 4 aliphatic carbocycles. The first kappa shape index (κ1) is 17.1.